The third-order valence-corrected chi connectivity index (χ3v) is 4.99. The van der Waals surface area contributed by atoms with Gasteiger partial charge in [0.1, 0.15) is 0 Å². The minimum absolute atomic E-state index is 0. The molecule has 118 valence electrons. The zero-order chi connectivity index (χ0) is 14.2. The lowest BCUT2D eigenvalue weighted by Gasteiger charge is -2.09. The van der Waals surface area contributed by atoms with Gasteiger partial charge in [-0.2, -0.15) is 0 Å². The Balaban J connectivity index is 0.00000220. The van der Waals surface area contributed by atoms with Gasteiger partial charge >= 0.3 is 0 Å². The van der Waals surface area contributed by atoms with E-state index < -0.39 is 0 Å². The quantitative estimate of drug-likeness (QED) is 0.697. The Labute approximate surface area is 145 Å². The van der Waals surface area contributed by atoms with Crippen molar-refractivity contribution in [2.75, 3.05) is 25.4 Å². The van der Waals surface area contributed by atoms with Crippen LogP contribution in [0.4, 0.5) is 0 Å². The van der Waals surface area contributed by atoms with E-state index in [4.69, 9.17) is 0 Å². The van der Waals surface area contributed by atoms with Crippen LogP contribution >= 0.6 is 40.1 Å². The lowest BCUT2D eigenvalue weighted by atomic mass is 10.1. The van der Waals surface area contributed by atoms with Crippen molar-refractivity contribution in [3.8, 4) is 0 Å². The van der Waals surface area contributed by atoms with Gasteiger partial charge in [0.05, 0.1) is 0 Å². The van der Waals surface area contributed by atoms with Gasteiger partial charge < -0.3 is 10.6 Å². The molecule has 0 aliphatic carbocycles. The molecule has 0 aromatic heterocycles. The van der Waals surface area contributed by atoms with Crippen LogP contribution in [-0.4, -0.2) is 31.3 Å². The first-order valence-electron chi connectivity index (χ1n) is 7.10. The molecule has 2 N–H and O–H groups in total. The first-order chi connectivity index (χ1) is 9.74. The van der Waals surface area contributed by atoms with Crippen LogP contribution in [0.2, 0.25) is 0 Å². The van der Waals surface area contributed by atoms with Crippen molar-refractivity contribution < 1.29 is 4.79 Å². The molecule has 1 aliphatic rings. The molecule has 1 amide bonds. The number of hydrogen-bond donors (Lipinski definition) is 2. The molecule has 1 aromatic rings. The second kappa shape index (κ2) is 10.5. The minimum Gasteiger partial charge on any atom is -0.356 e. The van der Waals surface area contributed by atoms with Crippen LogP contribution in [0, 0.1) is 5.92 Å². The highest BCUT2D eigenvalue weighted by Gasteiger charge is 2.13. The van der Waals surface area contributed by atoms with Gasteiger partial charge in [-0.25, -0.2) is 0 Å². The van der Waals surface area contributed by atoms with Crippen molar-refractivity contribution in [1.82, 2.24) is 10.6 Å². The van der Waals surface area contributed by atoms with E-state index in [0.717, 1.165) is 42.2 Å². The van der Waals surface area contributed by atoms with Crippen LogP contribution in [0.3, 0.4) is 0 Å². The maximum atomic E-state index is 11.7. The van der Waals surface area contributed by atoms with Gasteiger partial charge in [-0.15, -0.1) is 24.2 Å². The monoisotopic (exact) mass is 392 g/mol. The van der Waals surface area contributed by atoms with E-state index >= 15 is 0 Å². The Bertz CT molecular complexity index is 424. The topological polar surface area (TPSA) is 41.1 Å². The highest BCUT2D eigenvalue weighted by atomic mass is 79.9. The van der Waals surface area contributed by atoms with Gasteiger partial charge in [0.2, 0.25) is 5.91 Å². The predicted octanol–water partition coefficient (Wildman–Crippen LogP) is 3.47. The second-order valence-corrected chi connectivity index (χ2v) is 7.13. The summed E-state index contributed by atoms with van der Waals surface area (Å²) >= 11 is 5.14. The Morgan fingerprint density at radius 2 is 2.14 bits per heavy atom. The van der Waals surface area contributed by atoms with Crippen molar-refractivity contribution in [3.63, 3.8) is 0 Å². The minimum atomic E-state index is 0. The number of nitrogens with one attached hydrogen (secondary N) is 2. The van der Waals surface area contributed by atoms with Crippen LogP contribution in [0.5, 0.6) is 0 Å². The maximum absolute atomic E-state index is 11.7. The Morgan fingerprint density at radius 1 is 1.38 bits per heavy atom. The molecule has 2 rings (SSSR count). The Kier molecular flexibility index (Phi) is 9.40. The van der Waals surface area contributed by atoms with Crippen molar-refractivity contribution in [1.29, 1.82) is 0 Å². The molecule has 21 heavy (non-hydrogen) atoms. The first-order valence-corrected chi connectivity index (χ1v) is 8.87. The average molecular weight is 394 g/mol. The van der Waals surface area contributed by atoms with E-state index in [0.29, 0.717) is 6.42 Å². The fourth-order valence-electron chi connectivity index (χ4n) is 2.26. The molecule has 0 bridgehead atoms. The summed E-state index contributed by atoms with van der Waals surface area (Å²) in [5.41, 5.74) is 0. The molecule has 0 saturated carbocycles. The smallest absolute Gasteiger partial charge is 0.220 e. The van der Waals surface area contributed by atoms with Gasteiger partial charge in [0.15, 0.2) is 0 Å². The summed E-state index contributed by atoms with van der Waals surface area (Å²) in [5, 5.41) is 6.36. The zero-order valence-electron chi connectivity index (χ0n) is 11.9. The molecule has 0 radical (unpaired) electrons. The van der Waals surface area contributed by atoms with Gasteiger partial charge in [-0.05, 0) is 56.1 Å². The third-order valence-electron chi connectivity index (χ3n) is 3.45. The number of carbonyl (C=O) groups is 1. The number of benzene rings is 1. The molecule has 1 saturated heterocycles. The van der Waals surface area contributed by atoms with Crippen LogP contribution < -0.4 is 10.6 Å². The van der Waals surface area contributed by atoms with Gasteiger partial charge in [-0.1, -0.05) is 15.9 Å². The van der Waals surface area contributed by atoms with Gasteiger partial charge in [-0.3, -0.25) is 4.79 Å². The molecule has 6 heteroatoms. The third kappa shape index (κ3) is 7.54. The largest absolute Gasteiger partial charge is 0.356 e. The molecule has 1 fully saturated rings. The highest BCUT2D eigenvalue weighted by molar-refractivity contribution is 9.10. The lowest BCUT2D eigenvalue weighted by Crippen LogP contribution is -2.26. The SMILES string of the molecule is Cl.O=C(CCSc1ccc(Br)cc1)NCCC1CCNC1. The summed E-state index contributed by atoms with van der Waals surface area (Å²) in [6.07, 6.45) is 2.93. The molecule has 1 unspecified atom stereocenters. The Morgan fingerprint density at radius 3 is 2.81 bits per heavy atom. The van der Waals surface area contributed by atoms with E-state index in [-0.39, 0.29) is 18.3 Å². The number of rotatable bonds is 7. The van der Waals surface area contributed by atoms with E-state index in [2.05, 4.69) is 38.7 Å². The zero-order valence-corrected chi connectivity index (χ0v) is 15.2. The number of halogens is 2. The molecule has 1 aliphatic heterocycles. The van der Waals surface area contributed by atoms with Crippen molar-refractivity contribution >= 4 is 46.0 Å². The normalized spacial score (nSPS) is 17.3. The van der Waals surface area contributed by atoms with Crippen LogP contribution in [0.25, 0.3) is 0 Å². The molecular formula is C15H22BrClN2OS. The molecule has 0 spiro atoms. The number of thioether (sulfide) groups is 1. The fourth-order valence-corrected chi connectivity index (χ4v) is 3.37. The summed E-state index contributed by atoms with van der Waals surface area (Å²) in [6, 6.07) is 8.19. The number of hydrogen-bond acceptors (Lipinski definition) is 3. The van der Waals surface area contributed by atoms with Crippen molar-refractivity contribution in [2.45, 2.75) is 24.2 Å². The summed E-state index contributed by atoms with van der Waals surface area (Å²) in [5.74, 6) is 1.74. The molecule has 1 aromatic carbocycles. The van der Waals surface area contributed by atoms with Crippen molar-refractivity contribution in [2.24, 2.45) is 5.92 Å². The van der Waals surface area contributed by atoms with Crippen LogP contribution in [0.15, 0.2) is 33.6 Å². The summed E-state index contributed by atoms with van der Waals surface area (Å²) in [6.45, 7) is 3.05. The van der Waals surface area contributed by atoms with Gasteiger partial charge in [0.25, 0.3) is 0 Å². The second-order valence-electron chi connectivity index (χ2n) is 5.05. The lowest BCUT2D eigenvalue weighted by molar-refractivity contribution is -0.120. The van der Waals surface area contributed by atoms with Crippen molar-refractivity contribution in [3.05, 3.63) is 28.7 Å². The maximum Gasteiger partial charge on any atom is 0.220 e. The van der Waals surface area contributed by atoms with E-state index in [1.807, 2.05) is 12.1 Å². The van der Waals surface area contributed by atoms with Crippen LogP contribution in [-0.2, 0) is 4.79 Å². The van der Waals surface area contributed by atoms with E-state index in [1.54, 1.807) is 11.8 Å². The average Bonchev–Trinajstić information content (AvgIpc) is 2.94. The molecule has 1 atom stereocenters. The molecular weight excluding hydrogens is 372 g/mol. The standard InChI is InChI=1S/C15H21BrN2OS.ClH/c16-13-1-3-14(4-2-13)20-10-7-15(19)18-9-6-12-5-8-17-11-12;/h1-4,12,17H,5-11H2,(H,18,19);1H. The summed E-state index contributed by atoms with van der Waals surface area (Å²) < 4.78 is 1.08. The first kappa shape index (κ1) is 18.8. The summed E-state index contributed by atoms with van der Waals surface area (Å²) in [7, 11) is 0. The number of carbonyl (C=O) groups excluding carboxylic acids is 1. The predicted molar refractivity (Wildman–Crippen MR) is 95.3 cm³/mol. The number of amides is 1. The fraction of sp³-hybridized carbons (Fsp3) is 0.533. The Hall–Kier alpha value is -0.230. The van der Waals surface area contributed by atoms with Crippen LogP contribution in [0.1, 0.15) is 19.3 Å². The summed E-state index contributed by atoms with van der Waals surface area (Å²) in [4.78, 5) is 12.9. The highest BCUT2D eigenvalue weighted by Crippen LogP contribution is 2.21. The van der Waals surface area contributed by atoms with E-state index in [9.17, 15) is 4.79 Å². The van der Waals surface area contributed by atoms with Gasteiger partial charge in [0, 0.05) is 28.1 Å². The molecule has 1 heterocycles. The van der Waals surface area contributed by atoms with E-state index in [1.165, 1.54) is 11.3 Å². The molecule has 3 nitrogen and oxygen atoms in total.